The van der Waals surface area contributed by atoms with Gasteiger partial charge >= 0.3 is 0 Å². The largest absolute Gasteiger partial charge is 0.307 e. The van der Waals surface area contributed by atoms with E-state index < -0.39 is 0 Å². The van der Waals surface area contributed by atoms with Gasteiger partial charge in [-0.3, -0.25) is 0 Å². The lowest BCUT2D eigenvalue weighted by Crippen LogP contribution is -2.30. The van der Waals surface area contributed by atoms with Crippen molar-refractivity contribution < 1.29 is 0 Å². The molecule has 1 N–H and O–H groups in total. The second-order valence-electron chi connectivity index (χ2n) is 4.64. The molecule has 2 atom stereocenters. The number of nitrogens with one attached hydrogen (secondary N) is 1. The topological polar surface area (TPSA) is 12.0 Å². The number of halogens is 1. The van der Waals surface area contributed by atoms with Crippen LogP contribution in [0.2, 0.25) is 0 Å². The first-order valence-corrected chi connectivity index (χ1v) is 7.86. The molecular formula is C15H18BrNS. The van der Waals surface area contributed by atoms with Crippen molar-refractivity contribution in [3.8, 4) is 0 Å². The van der Waals surface area contributed by atoms with Crippen LogP contribution in [0.5, 0.6) is 0 Å². The van der Waals surface area contributed by atoms with Crippen LogP contribution in [0.1, 0.15) is 30.3 Å². The maximum absolute atomic E-state index is 3.64. The third-order valence-electron chi connectivity index (χ3n) is 2.96. The highest BCUT2D eigenvalue weighted by molar-refractivity contribution is 9.10. The quantitative estimate of drug-likeness (QED) is 0.833. The molecule has 0 saturated heterocycles. The molecule has 0 spiro atoms. The second-order valence-corrected chi connectivity index (χ2v) is 6.53. The van der Waals surface area contributed by atoms with Gasteiger partial charge in [0.1, 0.15) is 0 Å². The standard InChI is InChI=1S/C15H18BrNS/c1-11(10-13-5-7-14(16)8-6-13)17-12(2)15-4-3-9-18-15/h3-9,11-12,17H,10H2,1-2H3/t11?,12-/m1/s1. The van der Waals surface area contributed by atoms with E-state index in [4.69, 9.17) is 0 Å². The number of thiophene rings is 1. The normalized spacial score (nSPS) is 14.4. The monoisotopic (exact) mass is 323 g/mol. The maximum atomic E-state index is 3.64. The predicted molar refractivity (Wildman–Crippen MR) is 83.2 cm³/mol. The van der Waals surface area contributed by atoms with Crippen molar-refractivity contribution in [1.82, 2.24) is 5.32 Å². The maximum Gasteiger partial charge on any atom is 0.0388 e. The van der Waals surface area contributed by atoms with E-state index in [1.165, 1.54) is 10.4 Å². The van der Waals surface area contributed by atoms with E-state index in [9.17, 15) is 0 Å². The van der Waals surface area contributed by atoms with Crippen LogP contribution in [-0.4, -0.2) is 6.04 Å². The van der Waals surface area contributed by atoms with Crippen molar-refractivity contribution in [1.29, 1.82) is 0 Å². The molecule has 0 aliphatic heterocycles. The van der Waals surface area contributed by atoms with Crippen LogP contribution in [0.3, 0.4) is 0 Å². The molecule has 96 valence electrons. The smallest absolute Gasteiger partial charge is 0.0388 e. The summed E-state index contributed by atoms with van der Waals surface area (Å²) in [5.74, 6) is 0. The minimum absolute atomic E-state index is 0.426. The Morgan fingerprint density at radius 1 is 1.17 bits per heavy atom. The van der Waals surface area contributed by atoms with Gasteiger partial charge in [0.05, 0.1) is 0 Å². The Hall–Kier alpha value is -0.640. The van der Waals surface area contributed by atoms with E-state index in [0.717, 1.165) is 10.9 Å². The first-order chi connectivity index (χ1) is 8.65. The fourth-order valence-electron chi connectivity index (χ4n) is 2.08. The summed E-state index contributed by atoms with van der Waals surface area (Å²) in [7, 11) is 0. The van der Waals surface area contributed by atoms with Gasteiger partial charge in [-0.25, -0.2) is 0 Å². The summed E-state index contributed by atoms with van der Waals surface area (Å²) >= 11 is 5.28. The van der Waals surface area contributed by atoms with Crippen LogP contribution < -0.4 is 5.32 Å². The molecule has 1 unspecified atom stereocenters. The van der Waals surface area contributed by atoms with E-state index >= 15 is 0 Å². The van der Waals surface area contributed by atoms with Gasteiger partial charge in [0.2, 0.25) is 0 Å². The lowest BCUT2D eigenvalue weighted by Gasteiger charge is -2.19. The Bertz CT molecular complexity index is 464. The molecule has 2 aromatic rings. The van der Waals surface area contributed by atoms with Crippen molar-refractivity contribution in [3.63, 3.8) is 0 Å². The summed E-state index contributed by atoms with van der Waals surface area (Å²) in [6.45, 7) is 4.47. The molecule has 0 aliphatic carbocycles. The zero-order chi connectivity index (χ0) is 13.0. The number of benzene rings is 1. The molecule has 0 fully saturated rings. The third-order valence-corrected chi connectivity index (χ3v) is 4.54. The highest BCUT2D eigenvalue weighted by Gasteiger charge is 2.10. The summed E-state index contributed by atoms with van der Waals surface area (Å²) in [6.07, 6.45) is 1.06. The van der Waals surface area contributed by atoms with Crippen LogP contribution in [-0.2, 0) is 6.42 Å². The van der Waals surface area contributed by atoms with Crippen LogP contribution >= 0.6 is 27.3 Å². The van der Waals surface area contributed by atoms with Gasteiger partial charge in [0.15, 0.2) is 0 Å². The van der Waals surface area contributed by atoms with Gasteiger partial charge < -0.3 is 5.32 Å². The molecule has 1 heterocycles. The van der Waals surface area contributed by atoms with Crippen molar-refractivity contribution in [2.24, 2.45) is 0 Å². The van der Waals surface area contributed by atoms with Crippen molar-refractivity contribution in [3.05, 3.63) is 56.7 Å². The molecule has 1 aromatic heterocycles. The Kier molecular flexibility index (Phi) is 4.98. The zero-order valence-corrected chi connectivity index (χ0v) is 13.1. The van der Waals surface area contributed by atoms with E-state index in [1.54, 1.807) is 0 Å². The van der Waals surface area contributed by atoms with Crippen LogP contribution in [0.15, 0.2) is 46.3 Å². The molecule has 3 heteroatoms. The fraction of sp³-hybridized carbons (Fsp3) is 0.333. The van der Waals surface area contributed by atoms with Crippen molar-refractivity contribution in [2.45, 2.75) is 32.4 Å². The number of hydrogen-bond acceptors (Lipinski definition) is 2. The SMILES string of the molecule is CC(Cc1ccc(Br)cc1)N[C@H](C)c1cccs1. The first-order valence-electron chi connectivity index (χ1n) is 6.19. The molecule has 2 rings (SSSR count). The van der Waals surface area contributed by atoms with Gasteiger partial charge in [-0.15, -0.1) is 11.3 Å². The fourth-order valence-corrected chi connectivity index (χ4v) is 3.09. The predicted octanol–water partition coefficient (Wildman–Crippen LogP) is 4.79. The van der Waals surface area contributed by atoms with Crippen LogP contribution in [0.25, 0.3) is 0 Å². The average Bonchev–Trinajstić information content (AvgIpc) is 2.85. The molecule has 18 heavy (non-hydrogen) atoms. The summed E-state index contributed by atoms with van der Waals surface area (Å²) in [6, 6.07) is 13.8. The zero-order valence-electron chi connectivity index (χ0n) is 10.7. The molecule has 1 aromatic carbocycles. The second kappa shape index (κ2) is 6.50. The third kappa shape index (κ3) is 3.94. The lowest BCUT2D eigenvalue weighted by atomic mass is 10.1. The highest BCUT2D eigenvalue weighted by atomic mass is 79.9. The number of rotatable bonds is 5. The van der Waals surface area contributed by atoms with Gasteiger partial charge in [0, 0.05) is 21.4 Å². The minimum atomic E-state index is 0.426. The Morgan fingerprint density at radius 2 is 1.89 bits per heavy atom. The Morgan fingerprint density at radius 3 is 2.50 bits per heavy atom. The van der Waals surface area contributed by atoms with Gasteiger partial charge in [0.25, 0.3) is 0 Å². The van der Waals surface area contributed by atoms with Crippen LogP contribution in [0.4, 0.5) is 0 Å². The summed E-state index contributed by atoms with van der Waals surface area (Å²) in [4.78, 5) is 1.40. The van der Waals surface area contributed by atoms with Crippen LogP contribution in [0, 0.1) is 0 Å². The lowest BCUT2D eigenvalue weighted by molar-refractivity contribution is 0.482. The van der Waals surface area contributed by atoms with Crippen molar-refractivity contribution >= 4 is 27.3 Å². The summed E-state index contributed by atoms with van der Waals surface area (Å²) in [5.41, 5.74) is 1.37. The number of hydrogen-bond donors (Lipinski definition) is 1. The van der Waals surface area contributed by atoms with Gasteiger partial charge in [-0.2, -0.15) is 0 Å². The Labute approximate surface area is 121 Å². The highest BCUT2D eigenvalue weighted by Crippen LogP contribution is 2.19. The molecule has 0 aliphatic rings. The average molecular weight is 324 g/mol. The van der Waals surface area contributed by atoms with E-state index in [1.807, 2.05) is 11.3 Å². The van der Waals surface area contributed by atoms with Crippen molar-refractivity contribution in [2.75, 3.05) is 0 Å². The molecule has 0 amide bonds. The van der Waals surface area contributed by atoms with E-state index in [-0.39, 0.29) is 0 Å². The first kappa shape index (κ1) is 13.8. The molecule has 0 radical (unpaired) electrons. The molecule has 0 bridgehead atoms. The van der Waals surface area contributed by atoms with Gasteiger partial charge in [-0.1, -0.05) is 34.1 Å². The van der Waals surface area contributed by atoms with E-state index in [0.29, 0.717) is 12.1 Å². The molecule has 1 nitrogen and oxygen atoms in total. The summed E-state index contributed by atoms with van der Waals surface area (Å²) in [5, 5.41) is 5.78. The van der Waals surface area contributed by atoms with Gasteiger partial charge in [-0.05, 0) is 49.4 Å². The minimum Gasteiger partial charge on any atom is -0.307 e. The molecule has 0 saturated carbocycles. The molecular weight excluding hydrogens is 306 g/mol. The van der Waals surface area contributed by atoms with E-state index in [2.05, 4.69) is 76.9 Å². The summed E-state index contributed by atoms with van der Waals surface area (Å²) < 4.78 is 1.14. The Balaban J connectivity index is 1.88.